The number of hydrogen-bond donors (Lipinski definition) is 5. The molecular formula is C19H23N7O4. The van der Waals surface area contributed by atoms with Crippen LogP contribution in [-0.4, -0.2) is 66.2 Å². The number of aromatic nitrogens is 4. The zero-order valence-electron chi connectivity index (χ0n) is 16.0. The second kappa shape index (κ2) is 8.32. The minimum Gasteiger partial charge on any atom is -0.386 e. The molecule has 2 aromatic heterocycles. The molecular weight excluding hydrogens is 390 g/mol. The van der Waals surface area contributed by atoms with E-state index in [0.717, 1.165) is 5.56 Å². The summed E-state index contributed by atoms with van der Waals surface area (Å²) in [5.41, 5.74) is 13.7. The Kier molecular flexibility index (Phi) is 5.59. The number of hydrogen-bond acceptors (Lipinski definition) is 9. The average molecular weight is 413 g/mol. The number of aliphatic hydroxyl groups is 2. The van der Waals surface area contributed by atoms with Gasteiger partial charge < -0.3 is 36.3 Å². The van der Waals surface area contributed by atoms with Gasteiger partial charge in [-0.1, -0.05) is 30.3 Å². The van der Waals surface area contributed by atoms with E-state index in [0.29, 0.717) is 17.6 Å². The third kappa shape index (κ3) is 3.96. The lowest BCUT2D eigenvalue weighted by Crippen LogP contribution is -2.53. The van der Waals surface area contributed by atoms with E-state index in [1.807, 2.05) is 30.3 Å². The highest BCUT2D eigenvalue weighted by Gasteiger charge is 2.44. The van der Waals surface area contributed by atoms with E-state index < -0.39 is 36.5 Å². The van der Waals surface area contributed by atoms with Crippen LogP contribution in [0.4, 0.5) is 5.82 Å². The fourth-order valence-corrected chi connectivity index (χ4v) is 3.53. The lowest BCUT2D eigenvalue weighted by atomic mass is 10.0. The van der Waals surface area contributed by atoms with E-state index in [1.165, 1.54) is 12.7 Å². The summed E-state index contributed by atoms with van der Waals surface area (Å²) in [6, 6.07) is 7.69. The molecule has 1 aliphatic heterocycles. The average Bonchev–Trinajstić information content (AvgIpc) is 3.26. The minimum absolute atomic E-state index is 0.167. The van der Waals surface area contributed by atoms with Crippen molar-refractivity contribution in [2.45, 2.75) is 43.5 Å². The Bertz CT molecular complexity index is 1030. The Morgan fingerprint density at radius 3 is 2.77 bits per heavy atom. The van der Waals surface area contributed by atoms with E-state index in [4.69, 9.17) is 16.2 Å². The molecule has 1 aromatic carbocycles. The standard InChI is InChI=1S/C19H23N7O4/c20-11(6-10-4-2-1-3-5-10)18(28)25-13-12(30-19(29)15(13)27)7-26-9-24-14-16(21)22-8-23-17(14)26/h1-5,8-9,11-13,15,19,27,29H,6-7,20H2,(H,25,28)(H2,21,22,23). The van der Waals surface area contributed by atoms with Crippen LogP contribution in [0.25, 0.3) is 11.2 Å². The van der Waals surface area contributed by atoms with Crippen molar-refractivity contribution in [3.63, 3.8) is 0 Å². The van der Waals surface area contributed by atoms with Gasteiger partial charge in [0.25, 0.3) is 0 Å². The van der Waals surface area contributed by atoms with Crippen molar-refractivity contribution in [2.75, 3.05) is 5.73 Å². The Balaban J connectivity index is 1.47. The van der Waals surface area contributed by atoms with Crippen molar-refractivity contribution in [2.24, 2.45) is 5.73 Å². The van der Waals surface area contributed by atoms with Crippen LogP contribution in [0.3, 0.4) is 0 Å². The van der Waals surface area contributed by atoms with Crippen LogP contribution in [-0.2, 0) is 22.5 Å². The highest BCUT2D eigenvalue weighted by Crippen LogP contribution is 2.23. The van der Waals surface area contributed by atoms with E-state index in [2.05, 4.69) is 20.3 Å². The molecule has 11 heteroatoms. The molecule has 1 saturated heterocycles. The van der Waals surface area contributed by atoms with Crippen molar-refractivity contribution in [1.29, 1.82) is 0 Å². The van der Waals surface area contributed by atoms with Gasteiger partial charge in [-0.05, 0) is 12.0 Å². The van der Waals surface area contributed by atoms with Gasteiger partial charge in [-0.3, -0.25) is 4.79 Å². The van der Waals surface area contributed by atoms with Crippen molar-refractivity contribution in [3.8, 4) is 0 Å². The predicted octanol–water partition coefficient (Wildman–Crippen LogP) is -1.46. The van der Waals surface area contributed by atoms with Gasteiger partial charge in [-0.2, -0.15) is 0 Å². The molecule has 3 aromatic rings. The number of rotatable bonds is 6. The van der Waals surface area contributed by atoms with Crippen LogP contribution < -0.4 is 16.8 Å². The zero-order valence-corrected chi connectivity index (χ0v) is 16.0. The molecule has 0 radical (unpaired) electrons. The van der Waals surface area contributed by atoms with E-state index in [-0.39, 0.29) is 12.4 Å². The minimum atomic E-state index is -1.44. The van der Waals surface area contributed by atoms with Crippen molar-refractivity contribution < 1.29 is 19.7 Å². The summed E-state index contributed by atoms with van der Waals surface area (Å²) in [7, 11) is 0. The summed E-state index contributed by atoms with van der Waals surface area (Å²) in [5, 5.41) is 23.0. The molecule has 1 amide bonds. The Morgan fingerprint density at radius 1 is 1.23 bits per heavy atom. The van der Waals surface area contributed by atoms with Gasteiger partial charge >= 0.3 is 0 Å². The highest BCUT2D eigenvalue weighted by molar-refractivity contribution is 5.82. The lowest BCUT2D eigenvalue weighted by Gasteiger charge is -2.23. The number of imidazole rings is 1. The maximum absolute atomic E-state index is 12.6. The lowest BCUT2D eigenvalue weighted by molar-refractivity contribution is -0.128. The fraction of sp³-hybridized carbons (Fsp3) is 0.368. The molecule has 5 atom stereocenters. The molecule has 158 valence electrons. The monoisotopic (exact) mass is 413 g/mol. The van der Waals surface area contributed by atoms with Gasteiger partial charge in [-0.25, -0.2) is 15.0 Å². The molecule has 0 saturated carbocycles. The molecule has 11 nitrogen and oxygen atoms in total. The van der Waals surface area contributed by atoms with Crippen LogP contribution in [0.5, 0.6) is 0 Å². The number of nitrogens with one attached hydrogen (secondary N) is 1. The van der Waals surface area contributed by atoms with Gasteiger partial charge in [0.05, 0.1) is 25.0 Å². The highest BCUT2D eigenvalue weighted by atomic mass is 16.6. The van der Waals surface area contributed by atoms with Gasteiger partial charge in [0.2, 0.25) is 5.91 Å². The number of benzene rings is 1. The van der Waals surface area contributed by atoms with Gasteiger partial charge in [0.15, 0.2) is 17.8 Å². The van der Waals surface area contributed by atoms with Crippen molar-refractivity contribution >= 4 is 22.9 Å². The quantitative estimate of drug-likeness (QED) is 0.323. The Hall–Kier alpha value is -3.12. The van der Waals surface area contributed by atoms with Gasteiger partial charge in [-0.15, -0.1) is 0 Å². The number of nitrogen functional groups attached to an aromatic ring is 1. The summed E-state index contributed by atoms with van der Waals surface area (Å²) >= 11 is 0. The fourth-order valence-electron chi connectivity index (χ4n) is 3.53. The van der Waals surface area contributed by atoms with Crippen LogP contribution in [0.15, 0.2) is 43.0 Å². The van der Waals surface area contributed by atoms with Crippen LogP contribution in [0.2, 0.25) is 0 Å². The number of carbonyl (C=O) groups excluding carboxylic acids is 1. The SMILES string of the molecule is Nc1ncnc2c1ncn2CC1OC(O)C(O)C1NC(=O)C(N)Cc1ccccc1. The second-order valence-corrected chi connectivity index (χ2v) is 7.21. The molecule has 4 rings (SSSR count). The van der Waals surface area contributed by atoms with E-state index in [9.17, 15) is 15.0 Å². The topological polar surface area (TPSA) is 174 Å². The number of ether oxygens (including phenoxy) is 1. The second-order valence-electron chi connectivity index (χ2n) is 7.21. The summed E-state index contributed by atoms with van der Waals surface area (Å²) < 4.78 is 7.12. The molecule has 7 N–H and O–H groups in total. The first-order valence-corrected chi connectivity index (χ1v) is 9.47. The first-order chi connectivity index (χ1) is 14.4. The first-order valence-electron chi connectivity index (χ1n) is 9.47. The summed E-state index contributed by atoms with van der Waals surface area (Å²) in [5.74, 6) is -0.212. The van der Waals surface area contributed by atoms with Crippen LogP contribution in [0.1, 0.15) is 5.56 Å². The molecule has 0 bridgehead atoms. The third-order valence-electron chi connectivity index (χ3n) is 5.13. The molecule has 1 fully saturated rings. The first kappa shape index (κ1) is 20.2. The maximum atomic E-state index is 12.6. The molecule has 30 heavy (non-hydrogen) atoms. The van der Waals surface area contributed by atoms with Crippen molar-refractivity contribution in [3.05, 3.63) is 48.5 Å². The van der Waals surface area contributed by atoms with E-state index in [1.54, 1.807) is 4.57 Å². The number of amides is 1. The zero-order chi connectivity index (χ0) is 21.3. The summed E-state index contributed by atoms with van der Waals surface area (Å²) in [6.45, 7) is 0.167. The predicted molar refractivity (Wildman–Crippen MR) is 107 cm³/mol. The molecule has 1 aliphatic rings. The Labute approximate surface area is 171 Å². The number of carbonyl (C=O) groups is 1. The van der Waals surface area contributed by atoms with E-state index >= 15 is 0 Å². The van der Waals surface area contributed by atoms with Gasteiger partial charge in [0.1, 0.15) is 24.1 Å². The number of nitrogens with two attached hydrogens (primary N) is 2. The Morgan fingerprint density at radius 2 is 2.00 bits per heavy atom. The third-order valence-corrected chi connectivity index (χ3v) is 5.13. The normalized spacial score (nSPS) is 24.8. The number of aliphatic hydroxyl groups excluding tert-OH is 2. The molecule has 0 spiro atoms. The molecule has 3 heterocycles. The largest absolute Gasteiger partial charge is 0.386 e. The smallest absolute Gasteiger partial charge is 0.237 e. The van der Waals surface area contributed by atoms with Gasteiger partial charge in [0, 0.05) is 0 Å². The summed E-state index contributed by atoms with van der Waals surface area (Å²) in [4.78, 5) is 24.9. The van der Waals surface area contributed by atoms with Crippen molar-refractivity contribution in [1.82, 2.24) is 24.8 Å². The van der Waals surface area contributed by atoms with Crippen LogP contribution >= 0.6 is 0 Å². The maximum Gasteiger partial charge on any atom is 0.237 e. The molecule has 0 aliphatic carbocycles. The number of anilines is 1. The summed E-state index contributed by atoms with van der Waals surface area (Å²) in [6.07, 6.45) is -0.326. The number of fused-ring (bicyclic) bond motifs is 1. The number of nitrogens with zero attached hydrogens (tertiary/aromatic N) is 4. The molecule has 5 unspecified atom stereocenters. The van der Waals surface area contributed by atoms with Crippen LogP contribution in [0, 0.1) is 0 Å².